The highest BCUT2D eigenvalue weighted by atomic mass is 127. The molecule has 74 valence electrons. The van der Waals surface area contributed by atoms with Gasteiger partial charge in [-0.05, 0) is 29.0 Å². The van der Waals surface area contributed by atoms with E-state index in [0.29, 0.717) is 5.15 Å². The molecule has 0 amide bonds. The van der Waals surface area contributed by atoms with Crippen molar-refractivity contribution in [1.29, 1.82) is 0 Å². The molecule has 2 aromatic heterocycles. The highest BCUT2D eigenvalue weighted by molar-refractivity contribution is 14.1. The first-order chi connectivity index (χ1) is 6.74. The lowest BCUT2D eigenvalue weighted by atomic mass is 10.4. The Morgan fingerprint density at radius 3 is 3.00 bits per heavy atom. The second-order valence-corrected chi connectivity index (χ2v) is 4.55. The van der Waals surface area contributed by atoms with Gasteiger partial charge in [-0.25, -0.2) is 9.97 Å². The Balaban J connectivity index is 2.71. The van der Waals surface area contributed by atoms with E-state index in [1.165, 1.54) is 6.33 Å². The van der Waals surface area contributed by atoms with Gasteiger partial charge in [0.25, 0.3) is 0 Å². The average Bonchev–Trinajstić information content (AvgIpc) is 2.46. The molecule has 0 aliphatic rings. The maximum absolute atomic E-state index is 6.01. The van der Waals surface area contributed by atoms with Crippen LogP contribution >= 0.6 is 34.2 Å². The van der Waals surface area contributed by atoms with Gasteiger partial charge in [0.2, 0.25) is 0 Å². The summed E-state index contributed by atoms with van der Waals surface area (Å²) in [5.41, 5.74) is 0.927. The predicted octanol–water partition coefficient (Wildman–Crippen LogP) is 3.10. The Morgan fingerprint density at radius 2 is 2.29 bits per heavy atom. The number of rotatable bonds is 2. The Kier molecular flexibility index (Phi) is 2.92. The van der Waals surface area contributed by atoms with Crippen LogP contribution in [0.15, 0.2) is 12.5 Å². The number of aromatic nitrogens is 3. The Hall–Kier alpha value is -0.360. The summed E-state index contributed by atoms with van der Waals surface area (Å²) in [6, 6.07) is 0. The normalized spacial score (nSPS) is 11.1. The van der Waals surface area contributed by atoms with Crippen LogP contribution in [0.3, 0.4) is 0 Å². The van der Waals surface area contributed by atoms with Crippen molar-refractivity contribution in [1.82, 2.24) is 14.5 Å². The zero-order chi connectivity index (χ0) is 10.1. The first-order valence-corrected chi connectivity index (χ1v) is 5.84. The molecule has 3 nitrogen and oxygen atoms in total. The van der Waals surface area contributed by atoms with Crippen molar-refractivity contribution in [2.24, 2.45) is 0 Å². The molecule has 2 heterocycles. The van der Waals surface area contributed by atoms with Gasteiger partial charge in [0, 0.05) is 16.3 Å². The molecule has 0 aliphatic heterocycles. The van der Waals surface area contributed by atoms with Crippen LogP contribution in [0.5, 0.6) is 0 Å². The zero-order valence-corrected chi connectivity index (χ0v) is 10.6. The van der Waals surface area contributed by atoms with E-state index in [4.69, 9.17) is 11.6 Å². The van der Waals surface area contributed by atoms with Crippen LogP contribution in [-0.4, -0.2) is 14.5 Å². The zero-order valence-electron chi connectivity index (χ0n) is 7.67. The maximum atomic E-state index is 6.01. The van der Waals surface area contributed by atoms with Crippen molar-refractivity contribution in [2.45, 2.75) is 19.9 Å². The highest BCUT2D eigenvalue weighted by Crippen LogP contribution is 2.26. The minimum absolute atomic E-state index is 0.536. The third kappa shape index (κ3) is 1.61. The SMILES string of the molecule is CCCn1cc(I)c2c(Cl)ncnc21. The summed E-state index contributed by atoms with van der Waals surface area (Å²) in [5, 5.41) is 1.50. The monoisotopic (exact) mass is 321 g/mol. The summed E-state index contributed by atoms with van der Waals surface area (Å²) in [4.78, 5) is 8.22. The lowest BCUT2D eigenvalue weighted by molar-refractivity contribution is 0.696. The fourth-order valence-electron chi connectivity index (χ4n) is 1.45. The van der Waals surface area contributed by atoms with Crippen molar-refractivity contribution in [2.75, 3.05) is 0 Å². The van der Waals surface area contributed by atoms with Gasteiger partial charge in [0.1, 0.15) is 17.1 Å². The Labute approximate surface area is 101 Å². The van der Waals surface area contributed by atoms with Crippen LogP contribution in [0.4, 0.5) is 0 Å². The lowest BCUT2D eigenvalue weighted by Gasteiger charge is -2.00. The largest absolute Gasteiger partial charge is 0.331 e. The molecule has 2 aromatic rings. The van der Waals surface area contributed by atoms with Crippen molar-refractivity contribution in [3.05, 3.63) is 21.2 Å². The third-order valence-corrected chi connectivity index (χ3v) is 3.13. The van der Waals surface area contributed by atoms with Crippen LogP contribution < -0.4 is 0 Å². The minimum atomic E-state index is 0.536. The van der Waals surface area contributed by atoms with Crippen LogP contribution in [0.1, 0.15) is 13.3 Å². The van der Waals surface area contributed by atoms with Crippen molar-refractivity contribution < 1.29 is 0 Å². The first kappa shape index (κ1) is 10.2. The molecule has 5 heteroatoms. The minimum Gasteiger partial charge on any atom is -0.331 e. The summed E-state index contributed by atoms with van der Waals surface area (Å²) >= 11 is 8.27. The molecule has 0 bridgehead atoms. The van der Waals surface area contributed by atoms with Crippen LogP contribution in [0.2, 0.25) is 5.15 Å². The van der Waals surface area contributed by atoms with Crippen LogP contribution in [-0.2, 0) is 6.54 Å². The molecule has 0 N–H and O–H groups in total. The molecule has 0 radical (unpaired) electrons. The molecule has 0 unspecified atom stereocenters. The van der Waals surface area contributed by atoms with Crippen LogP contribution in [0, 0.1) is 3.57 Å². The molecule has 0 saturated heterocycles. The fourth-order valence-corrected chi connectivity index (χ4v) is 2.67. The molecule has 0 spiro atoms. The van der Waals surface area contributed by atoms with E-state index in [9.17, 15) is 0 Å². The fraction of sp³-hybridized carbons (Fsp3) is 0.333. The second kappa shape index (κ2) is 4.02. The molecule has 0 aromatic carbocycles. The second-order valence-electron chi connectivity index (χ2n) is 3.03. The quantitative estimate of drug-likeness (QED) is 0.628. The topological polar surface area (TPSA) is 30.7 Å². The first-order valence-electron chi connectivity index (χ1n) is 4.39. The molecule has 14 heavy (non-hydrogen) atoms. The summed E-state index contributed by atoms with van der Waals surface area (Å²) in [6.07, 6.45) is 4.66. The van der Waals surface area contributed by atoms with Gasteiger partial charge in [-0.15, -0.1) is 0 Å². The smallest absolute Gasteiger partial charge is 0.145 e. The number of fused-ring (bicyclic) bond motifs is 1. The van der Waals surface area contributed by atoms with E-state index in [1.807, 2.05) is 0 Å². The summed E-state index contributed by atoms with van der Waals surface area (Å²) in [7, 11) is 0. The summed E-state index contributed by atoms with van der Waals surface area (Å²) in [5.74, 6) is 0. The van der Waals surface area contributed by atoms with Gasteiger partial charge in [0.05, 0.1) is 5.39 Å². The molecule has 0 saturated carbocycles. The average molecular weight is 322 g/mol. The number of hydrogen-bond acceptors (Lipinski definition) is 2. The molecule has 0 aliphatic carbocycles. The molecule has 0 fully saturated rings. The number of aryl methyl sites for hydroxylation is 1. The number of hydrogen-bond donors (Lipinski definition) is 0. The predicted molar refractivity (Wildman–Crippen MR) is 65.5 cm³/mol. The van der Waals surface area contributed by atoms with E-state index >= 15 is 0 Å². The maximum Gasteiger partial charge on any atom is 0.145 e. The van der Waals surface area contributed by atoms with E-state index in [0.717, 1.165) is 27.6 Å². The van der Waals surface area contributed by atoms with Crippen molar-refractivity contribution >= 4 is 45.2 Å². The van der Waals surface area contributed by atoms with Gasteiger partial charge >= 0.3 is 0 Å². The lowest BCUT2D eigenvalue weighted by Crippen LogP contribution is -1.95. The van der Waals surface area contributed by atoms with E-state index in [1.54, 1.807) is 0 Å². The Morgan fingerprint density at radius 1 is 1.50 bits per heavy atom. The molecule has 0 atom stereocenters. The van der Waals surface area contributed by atoms with E-state index in [2.05, 4.69) is 50.2 Å². The van der Waals surface area contributed by atoms with Gasteiger partial charge in [0.15, 0.2) is 0 Å². The van der Waals surface area contributed by atoms with Crippen molar-refractivity contribution in [3.8, 4) is 0 Å². The van der Waals surface area contributed by atoms with E-state index < -0.39 is 0 Å². The van der Waals surface area contributed by atoms with Gasteiger partial charge < -0.3 is 4.57 Å². The molecule has 2 rings (SSSR count). The summed E-state index contributed by atoms with van der Waals surface area (Å²) < 4.78 is 3.22. The van der Waals surface area contributed by atoms with Crippen molar-refractivity contribution in [3.63, 3.8) is 0 Å². The van der Waals surface area contributed by atoms with Gasteiger partial charge in [-0.3, -0.25) is 0 Å². The van der Waals surface area contributed by atoms with Gasteiger partial charge in [-0.1, -0.05) is 18.5 Å². The van der Waals surface area contributed by atoms with Gasteiger partial charge in [-0.2, -0.15) is 0 Å². The number of nitrogens with zero attached hydrogens (tertiary/aromatic N) is 3. The third-order valence-electron chi connectivity index (χ3n) is 2.03. The number of halogens is 2. The highest BCUT2D eigenvalue weighted by Gasteiger charge is 2.10. The van der Waals surface area contributed by atoms with Crippen LogP contribution in [0.25, 0.3) is 11.0 Å². The standard InChI is InChI=1S/C9H9ClIN3/c1-2-3-14-4-6(11)7-8(10)12-5-13-9(7)14/h4-5H,2-3H2,1H3. The molecular weight excluding hydrogens is 312 g/mol. The Bertz CT molecular complexity index is 466. The van der Waals surface area contributed by atoms with E-state index in [-0.39, 0.29) is 0 Å². The molecular formula is C9H9ClIN3. The summed E-state index contributed by atoms with van der Waals surface area (Å²) in [6.45, 7) is 3.11.